The summed E-state index contributed by atoms with van der Waals surface area (Å²) < 4.78 is 0. The minimum atomic E-state index is 0. The van der Waals surface area contributed by atoms with Crippen LogP contribution in [-0.2, 0) is 0 Å². The molecule has 4 heteroatoms. The zero-order chi connectivity index (χ0) is 0. The Hall–Kier alpha value is 4.05. The topological polar surface area (TPSA) is 31.5 Å². The van der Waals surface area contributed by atoms with Crippen LogP contribution in [0.2, 0.25) is 0 Å². The third-order valence-electron chi connectivity index (χ3n) is 0. The number of hydrogen-bond donors (Lipinski definition) is 0. The Kier molecular flexibility index (Phi) is 95.9. The van der Waals surface area contributed by atoms with Gasteiger partial charge >= 0.3 is 126 Å². The van der Waals surface area contributed by atoms with Gasteiger partial charge in [0.05, 0.1) is 0 Å². The van der Waals surface area contributed by atoms with E-state index in [2.05, 4.69) is 0 Å². The van der Waals surface area contributed by atoms with Gasteiger partial charge < -0.3 is 9.76 Å². The standard InChI is InChI=1S/Ba.Bi.K.H2O.6H/h;;;1H2;;;;;;/q+2;;+1;;;;;3*-1. The van der Waals surface area contributed by atoms with E-state index in [-0.39, 0.29) is 136 Å². The van der Waals surface area contributed by atoms with E-state index >= 15 is 0 Å². The van der Waals surface area contributed by atoms with Crippen LogP contribution in [0.5, 0.6) is 0 Å². The minimum Gasteiger partial charge on any atom is -1.00 e. The fraction of sp³-hybridized carbons (Fsp3) is 0. The molecule has 1 nitrogen and oxygen atoms in total. The molecule has 0 radical (unpaired) electrons. The summed E-state index contributed by atoms with van der Waals surface area (Å²) in [5.41, 5.74) is 0. The maximum atomic E-state index is 0. The number of rotatable bonds is 0. The molecule has 0 amide bonds. The molecule has 0 bridgehead atoms. The van der Waals surface area contributed by atoms with Crippen LogP contribution in [-0.4, -0.2) is 80.6 Å². The van der Waals surface area contributed by atoms with E-state index in [9.17, 15) is 0 Å². The molecule has 0 atom stereocenters. The van der Waals surface area contributed by atoms with Gasteiger partial charge in [-0.15, -0.1) is 0 Å². The SMILES string of the molecule is O.[Ba+2].[BiH3].[H-].[H-].[H-].[K+]. The molecular formula is H8BaBiKO. The van der Waals surface area contributed by atoms with Gasteiger partial charge in [0.15, 0.2) is 0 Å². The molecule has 0 saturated carbocycles. The molecule has 0 aliphatic carbocycles. The summed E-state index contributed by atoms with van der Waals surface area (Å²) in [4.78, 5) is 0. The Morgan fingerprint density at radius 3 is 1.25 bits per heavy atom. The second-order valence-electron chi connectivity index (χ2n) is 0. The molecule has 0 aliphatic rings. The van der Waals surface area contributed by atoms with E-state index in [1.54, 1.807) is 0 Å². The largest absolute Gasteiger partial charge is 1.00 e. The van der Waals surface area contributed by atoms with Crippen molar-refractivity contribution in [1.29, 1.82) is 0 Å². The molecule has 0 aromatic carbocycles. The molecule has 0 unspecified atom stereocenters. The van der Waals surface area contributed by atoms with E-state index < -0.39 is 0 Å². The van der Waals surface area contributed by atoms with Gasteiger partial charge in [-0.2, -0.15) is 0 Å². The molecule has 0 aliphatic heterocycles. The van der Waals surface area contributed by atoms with Gasteiger partial charge in [-0.25, -0.2) is 0 Å². The van der Waals surface area contributed by atoms with Gasteiger partial charge in [0.25, 0.3) is 0 Å². The molecule has 0 heterocycles. The second kappa shape index (κ2) is 15.7. The average Bonchev–Trinajstić information content (AvgIpc) is 0. The van der Waals surface area contributed by atoms with Crippen molar-refractivity contribution >= 4 is 75.1 Å². The summed E-state index contributed by atoms with van der Waals surface area (Å²) in [5, 5.41) is 0. The first kappa shape index (κ1) is 24.4. The van der Waals surface area contributed by atoms with E-state index in [0.717, 1.165) is 0 Å². The molecule has 0 spiro atoms. The fourth-order valence-corrected chi connectivity index (χ4v) is 0. The summed E-state index contributed by atoms with van der Waals surface area (Å²) in [5.74, 6) is 0. The van der Waals surface area contributed by atoms with Gasteiger partial charge in [-0.05, 0) is 0 Å². The van der Waals surface area contributed by atoms with Crippen LogP contribution in [0.15, 0.2) is 0 Å². The van der Waals surface area contributed by atoms with Crippen LogP contribution in [0, 0.1) is 0 Å². The first-order valence-corrected chi connectivity index (χ1v) is 0. The smallest absolute Gasteiger partial charge is 1.00 e. The van der Waals surface area contributed by atoms with E-state index in [0.29, 0.717) is 0 Å². The van der Waals surface area contributed by atoms with Crippen molar-refractivity contribution in [3.05, 3.63) is 0 Å². The van der Waals surface area contributed by atoms with E-state index in [4.69, 9.17) is 0 Å². The van der Waals surface area contributed by atoms with E-state index in [1.807, 2.05) is 0 Å². The van der Waals surface area contributed by atoms with Crippen molar-refractivity contribution in [2.45, 2.75) is 0 Å². The molecule has 0 aromatic rings. The van der Waals surface area contributed by atoms with Crippen LogP contribution in [0.3, 0.4) is 0 Å². The van der Waals surface area contributed by atoms with Gasteiger partial charge in [-0.3, -0.25) is 0 Å². The Morgan fingerprint density at radius 2 is 1.25 bits per heavy atom. The van der Waals surface area contributed by atoms with Gasteiger partial charge in [0, 0.05) is 0 Å². The predicted molar refractivity (Wildman–Crippen MR) is 22.6 cm³/mol. The van der Waals surface area contributed by atoms with Crippen molar-refractivity contribution in [2.24, 2.45) is 0 Å². The van der Waals surface area contributed by atoms with Crippen molar-refractivity contribution < 1.29 is 61.1 Å². The van der Waals surface area contributed by atoms with Crippen molar-refractivity contribution in [3.8, 4) is 0 Å². The van der Waals surface area contributed by atoms with Gasteiger partial charge in [-0.1, -0.05) is 0 Å². The molecule has 0 fully saturated rings. The van der Waals surface area contributed by atoms with Crippen LogP contribution in [0.4, 0.5) is 0 Å². The van der Waals surface area contributed by atoms with Crippen LogP contribution >= 0.6 is 0 Å². The maximum absolute atomic E-state index is 0. The number of hydrogen-bond acceptors (Lipinski definition) is 0. The second-order valence-corrected chi connectivity index (χ2v) is 0. The van der Waals surface area contributed by atoms with Crippen molar-refractivity contribution in [1.82, 2.24) is 0 Å². The molecule has 4 heavy (non-hydrogen) atoms. The van der Waals surface area contributed by atoms with Crippen molar-refractivity contribution in [2.75, 3.05) is 0 Å². The molecular weight excluding hydrogens is 401 g/mol. The Bertz CT molecular complexity index is 14.9. The molecule has 0 rings (SSSR count). The Morgan fingerprint density at radius 1 is 1.25 bits per heavy atom. The predicted octanol–water partition coefficient (Wildman–Crippen LogP) is -5.05. The van der Waals surface area contributed by atoms with E-state index in [1.165, 1.54) is 0 Å². The molecule has 0 aromatic heterocycles. The summed E-state index contributed by atoms with van der Waals surface area (Å²) in [6.45, 7) is 0. The third-order valence-corrected chi connectivity index (χ3v) is 0. The Labute approximate surface area is 132 Å². The summed E-state index contributed by atoms with van der Waals surface area (Å²) in [6, 6.07) is 0. The normalized spacial score (nSPS) is 0. The van der Waals surface area contributed by atoms with Gasteiger partial charge in [0.2, 0.25) is 0 Å². The minimum absolute atomic E-state index is 0. The van der Waals surface area contributed by atoms with Crippen LogP contribution < -0.4 is 51.4 Å². The summed E-state index contributed by atoms with van der Waals surface area (Å²) >= 11 is 0. The quantitative estimate of drug-likeness (QED) is 0.359. The fourth-order valence-electron chi connectivity index (χ4n) is 0. The first-order chi connectivity index (χ1) is 0. The molecule has 0 saturated heterocycles. The monoisotopic (exact) mass is 410 g/mol. The molecule has 2 N–H and O–H groups in total. The molecule has 22 valence electrons. The average molecular weight is 409 g/mol. The Balaban J connectivity index is 0. The maximum Gasteiger partial charge on any atom is 1.00 e. The zero-order valence-corrected chi connectivity index (χ0v) is 16.0. The summed E-state index contributed by atoms with van der Waals surface area (Å²) in [6.07, 6.45) is 0. The van der Waals surface area contributed by atoms with Crippen LogP contribution in [0.1, 0.15) is 4.28 Å². The zero-order valence-electron chi connectivity index (χ0n) is 5.91. The van der Waals surface area contributed by atoms with Crippen LogP contribution in [0.25, 0.3) is 0 Å². The summed E-state index contributed by atoms with van der Waals surface area (Å²) in [7, 11) is 0. The first-order valence-electron chi connectivity index (χ1n) is 0. The van der Waals surface area contributed by atoms with Crippen molar-refractivity contribution in [3.63, 3.8) is 0 Å². The van der Waals surface area contributed by atoms with Gasteiger partial charge in [0.1, 0.15) is 0 Å². The third kappa shape index (κ3) is 9.41.